The third kappa shape index (κ3) is 2.43. The summed E-state index contributed by atoms with van der Waals surface area (Å²) in [5.74, 6) is 0.701. The molecule has 3 rings (SSSR count). The molecule has 2 aromatic rings. The molecular formula is C14H17N3O. The summed E-state index contributed by atoms with van der Waals surface area (Å²) in [6, 6.07) is 9.19. The van der Waals surface area contributed by atoms with Crippen LogP contribution in [0, 0.1) is 0 Å². The molecule has 1 N–H and O–H groups in total. The molecule has 4 nitrogen and oxygen atoms in total. The monoisotopic (exact) mass is 243 g/mol. The lowest BCUT2D eigenvalue weighted by Crippen LogP contribution is -2.27. The van der Waals surface area contributed by atoms with Crippen LogP contribution in [0.4, 0.5) is 0 Å². The first-order valence-corrected chi connectivity index (χ1v) is 6.50. The highest BCUT2D eigenvalue weighted by Gasteiger charge is 2.18. The first kappa shape index (κ1) is 11.4. The molecule has 1 aromatic heterocycles. The fraction of sp³-hybridized carbons (Fsp3) is 0.429. The number of nitrogens with one attached hydrogen (secondary N) is 1. The van der Waals surface area contributed by atoms with Gasteiger partial charge in [0.1, 0.15) is 0 Å². The van der Waals surface area contributed by atoms with Crippen molar-refractivity contribution in [2.75, 3.05) is 6.54 Å². The quantitative estimate of drug-likeness (QED) is 0.895. The number of nitrogens with zero attached hydrogens (tertiary/aromatic N) is 2. The number of hydrogen-bond acceptors (Lipinski definition) is 4. The molecule has 0 fully saturated rings. The smallest absolute Gasteiger partial charge is 0.227 e. The molecule has 0 bridgehead atoms. The molecule has 1 heterocycles. The number of benzene rings is 1. The van der Waals surface area contributed by atoms with Crippen molar-refractivity contribution in [1.29, 1.82) is 0 Å². The van der Waals surface area contributed by atoms with Crippen LogP contribution in [0.1, 0.15) is 35.9 Å². The summed E-state index contributed by atoms with van der Waals surface area (Å²) in [7, 11) is 0. The van der Waals surface area contributed by atoms with Crippen LogP contribution in [0.3, 0.4) is 0 Å². The molecule has 0 radical (unpaired) electrons. The molecule has 1 aliphatic carbocycles. The van der Waals surface area contributed by atoms with Gasteiger partial charge in [-0.15, -0.1) is 0 Å². The lowest BCUT2D eigenvalue weighted by molar-refractivity contribution is 0.368. The van der Waals surface area contributed by atoms with Gasteiger partial charge in [0.05, 0.1) is 0 Å². The predicted molar refractivity (Wildman–Crippen MR) is 68.1 cm³/mol. The maximum Gasteiger partial charge on any atom is 0.227 e. The van der Waals surface area contributed by atoms with Gasteiger partial charge < -0.3 is 9.84 Å². The zero-order valence-corrected chi connectivity index (χ0v) is 10.3. The predicted octanol–water partition coefficient (Wildman–Crippen LogP) is 2.28. The van der Waals surface area contributed by atoms with E-state index in [1.165, 1.54) is 36.7 Å². The minimum atomic E-state index is 0.470. The Bertz CT molecular complexity index is 496. The van der Waals surface area contributed by atoms with E-state index in [0.717, 1.165) is 13.0 Å². The van der Waals surface area contributed by atoms with E-state index >= 15 is 0 Å². The lowest BCUT2D eigenvalue weighted by Gasteiger charge is -2.26. The van der Waals surface area contributed by atoms with Crippen molar-refractivity contribution >= 4 is 0 Å². The molecular weight excluding hydrogens is 226 g/mol. The molecule has 18 heavy (non-hydrogen) atoms. The van der Waals surface area contributed by atoms with E-state index in [2.05, 4.69) is 39.7 Å². The molecule has 1 unspecified atom stereocenters. The molecule has 0 saturated carbocycles. The number of fused-ring (bicyclic) bond motifs is 1. The number of aromatic nitrogens is 2. The van der Waals surface area contributed by atoms with Gasteiger partial charge in [0, 0.05) is 19.0 Å². The Morgan fingerprint density at radius 3 is 3.17 bits per heavy atom. The maximum atomic E-state index is 4.99. The van der Waals surface area contributed by atoms with E-state index in [-0.39, 0.29) is 0 Å². The van der Waals surface area contributed by atoms with Crippen molar-refractivity contribution in [3.8, 4) is 0 Å². The van der Waals surface area contributed by atoms with Crippen molar-refractivity contribution in [1.82, 2.24) is 15.5 Å². The van der Waals surface area contributed by atoms with Crippen molar-refractivity contribution in [3.63, 3.8) is 0 Å². The summed E-state index contributed by atoms with van der Waals surface area (Å²) < 4.78 is 4.99. The molecule has 4 heteroatoms. The van der Waals surface area contributed by atoms with Gasteiger partial charge in [-0.1, -0.05) is 29.4 Å². The number of hydrogen-bond donors (Lipinski definition) is 1. The van der Waals surface area contributed by atoms with Crippen molar-refractivity contribution < 1.29 is 4.52 Å². The number of rotatable bonds is 4. The topological polar surface area (TPSA) is 51.0 Å². The largest absolute Gasteiger partial charge is 0.340 e. The standard InChI is InChI=1S/C14H17N3O/c1-2-6-12-11(4-1)5-3-7-13(12)15-9-8-14-16-10-17-18-14/h1-2,4,6,10,13,15H,3,5,7-9H2. The number of aryl methyl sites for hydroxylation is 1. The first-order valence-electron chi connectivity index (χ1n) is 6.50. The van der Waals surface area contributed by atoms with Crippen LogP contribution in [-0.4, -0.2) is 16.7 Å². The fourth-order valence-corrected chi connectivity index (χ4v) is 2.63. The Kier molecular flexibility index (Phi) is 3.37. The Morgan fingerprint density at radius 1 is 1.33 bits per heavy atom. The normalized spacial score (nSPS) is 18.6. The van der Waals surface area contributed by atoms with Crippen LogP contribution >= 0.6 is 0 Å². The molecule has 94 valence electrons. The van der Waals surface area contributed by atoms with E-state index < -0.39 is 0 Å². The molecule has 0 aliphatic heterocycles. The Balaban J connectivity index is 1.60. The van der Waals surface area contributed by atoms with Crippen LogP contribution < -0.4 is 5.32 Å². The SMILES string of the molecule is c1ccc2c(c1)CCCC2NCCc1ncno1. The van der Waals surface area contributed by atoms with Gasteiger partial charge in [-0.3, -0.25) is 0 Å². The van der Waals surface area contributed by atoms with Gasteiger partial charge in [-0.2, -0.15) is 4.98 Å². The second-order valence-electron chi connectivity index (χ2n) is 4.68. The van der Waals surface area contributed by atoms with Crippen molar-refractivity contribution in [2.24, 2.45) is 0 Å². The van der Waals surface area contributed by atoms with Crippen molar-refractivity contribution in [3.05, 3.63) is 47.6 Å². The van der Waals surface area contributed by atoms with E-state index in [1.54, 1.807) is 0 Å². The summed E-state index contributed by atoms with van der Waals surface area (Å²) in [5, 5.41) is 7.20. The van der Waals surface area contributed by atoms with Crippen LogP contribution in [-0.2, 0) is 12.8 Å². The third-order valence-electron chi connectivity index (χ3n) is 3.51. The van der Waals surface area contributed by atoms with E-state index in [0.29, 0.717) is 11.9 Å². The average molecular weight is 243 g/mol. The molecule has 0 saturated heterocycles. The van der Waals surface area contributed by atoms with Crippen LogP contribution in [0.15, 0.2) is 35.1 Å². The molecule has 1 atom stereocenters. The Morgan fingerprint density at radius 2 is 2.28 bits per heavy atom. The zero-order chi connectivity index (χ0) is 12.2. The Hall–Kier alpha value is -1.68. The highest BCUT2D eigenvalue weighted by Crippen LogP contribution is 2.29. The highest BCUT2D eigenvalue weighted by molar-refractivity contribution is 5.32. The first-order chi connectivity index (χ1) is 8.93. The van der Waals surface area contributed by atoms with Crippen LogP contribution in [0.2, 0.25) is 0 Å². The van der Waals surface area contributed by atoms with Crippen molar-refractivity contribution in [2.45, 2.75) is 31.7 Å². The van der Waals surface area contributed by atoms with Gasteiger partial charge in [0.15, 0.2) is 6.33 Å². The van der Waals surface area contributed by atoms with Gasteiger partial charge >= 0.3 is 0 Å². The summed E-state index contributed by atoms with van der Waals surface area (Å²) in [5.41, 5.74) is 2.94. The lowest BCUT2D eigenvalue weighted by atomic mass is 9.88. The van der Waals surface area contributed by atoms with Crippen LogP contribution in [0.5, 0.6) is 0 Å². The van der Waals surface area contributed by atoms with Crippen LogP contribution in [0.25, 0.3) is 0 Å². The summed E-state index contributed by atoms with van der Waals surface area (Å²) >= 11 is 0. The fourth-order valence-electron chi connectivity index (χ4n) is 2.63. The van der Waals surface area contributed by atoms with E-state index in [1.807, 2.05) is 0 Å². The van der Waals surface area contributed by atoms with E-state index in [4.69, 9.17) is 4.52 Å². The maximum absolute atomic E-state index is 4.99. The minimum absolute atomic E-state index is 0.470. The zero-order valence-electron chi connectivity index (χ0n) is 10.3. The van der Waals surface area contributed by atoms with E-state index in [9.17, 15) is 0 Å². The summed E-state index contributed by atoms with van der Waals surface area (Å²) in [6.45, 7) is 0.876. The molecule has 0 amide bonds. The van der Waals surface area contributed by atoms with Gasteiger partial charge in [0.2, 0.25) is 5.89 Å². The second kappa shape index (κ2) is 5.31. The summed E-state index contributed by atoms with van der Waals surface area (Å²) in [4.78, 5) is 4.03. The highest BCUT2D eigenvalue weighted by atomic mass is 16.5. The average Bonchev–Trinajstić information content (AvgIpc) is 2.92. The third-order valence-corrected chi connectivity index (χ3v) is 3.51. The van der Waals surface area contributed by atoms with Gasteiger partial charge in [-0.05, 0) is 30.4 Å². The van der Waals surface area contributed by atoms with Gasteiger partial charge in [0.25, 0.3) is 0 Å². The van der Waals surface area contributed by atoms with Gasteiger partial charge in [-0.25, -0.2) is 0 Å². The summed E-state index contributed by atoms with van der Waals surface area (Å²) in [6.07, 6.45) is 5.91. The molecule has 1 aliphatic rings. The minimum Gasteiger partial charge on any atom is -0.340 e. The molecule has 0 spiro atoms. The second-order valence-corrected chi connectivity index (χ2v) is 4.68. The Labute approximate surface area is 106 Å². The molecule has 1 aromatic carbocycles.